The van der Waals surface area contributed by atoms with E-state index in [-0.39, 0.29) is 6.04 Å². The van der Waals surface area contributed by atoms with Crippen molar-refractivity contribution in [3.05, 3.63) is 16.9 Å². The summed E-state index contributed by atoms with van der Waals surface area (Å²) in [5.41, 5.74) is 3.80. The van der Waals surface area contributed by atoms with Crippen molar-refractivity contribution in [2.75, 3.05) is 32.1 Å². The lowest BCUT2D eigenvalue weighted by Crippen LogP contribution is -2.32. The molecule has 0 aromatic carbocycles. The molecule has 0 aliphatic carbocycles. The van der Waals surface area contributed by atoms with Crippen LogP contribution < -0.4 is 11.3 Å². The maximum absolute atomic E-state index is 6.21. The van der Waals surface area contributed by atoms with Crippen LogP contribution in [0.15, 0.2) is 6.20 Å². The summed E-state index contributed by atoms with van der Waals surface area (Å²) in [5.74, 6) is 7.57. The Morgan fingerprint density at radius 3 is 2.89 bits per heavy atom. The van der Waals surface area contributed by atoms with Crippen molar-refractivity contribution in [1.29, 1.82) is 0 Å². The van der Waals surface area contributed by atoms with Crippen molar-refractivity contribution >= 4 is 23.4 Å². The molecule has 1 aromatic heterocycles. The molecule has 0 saturated carbocycles. The molecule has 0 spiro atoms. The van der Waals surface area contributed by atoms with Crippen LogP contribution in [0.25, 0.3) is 0 Å². The number of likely N-dealkylation sites (N-methyl/N-ethyl adjacent to an activating group) is 1. The van der Waals surface area contributed by atoms with Crippen LogP contribution in [0, 0.1) is 0 Å². The first kappa shape index (κ1) is 15.8. The summed E-state index contributed by atoms with van der Waals surface area (Å²) in [7, 11) is 4.08. The first-order chi connectivity index (χ1) is 8.60. The lowest BCUT2D eigenvalue weighted by Gasteiger charge is -2.19. The van der Waals surface area contributed by atoms with Crippen LogP contribution in [-0.2, 0) is 6.54 Å². The predicted molar refractivity (Wildman–Crippen MR) is 78.9 cm³/mol. The molecule has 104 valence electrons. The van der Waals surface area contributed by atoms with E-state index < -0.39 is 0 Å². The first-order valence-corrected chi connectivity index (χ1v) is 7.53. The zero-order valence-corrected chi connectivity index (χ0v) is 12.8. The van der Waals surface area contributed by atoms with Gasteiger partial charge in [0.2, 0.25) is 0 Å². The molecule has 1 unspecified atom stereocenters. The van der Waals surface area contributed by atoms with E-state index in [9.17, 15) is 0 Å². The first-order valence-electron chi connectivity index (χ1n) is 6.00. The predicted octanol–water partition coefficient (Wildman–Crippen LogP) is 1.36. The number of hydrazine groups is 1. The molecule has 0 bridgehead atoms. The van der Waals surface area contributed by atoms with E-state index in [2.05, 4.69) is 22.3 Å². The van der Waals surface area contributed by atoms with Gasteiger partial charge in [-0.15, -0.1) is 0 Å². The third-order valence-electron chi connectivity index (χ3n) is 2.61. The Labute approximate surface area is 118 Å². The number of nitrogens with zero attached hydrogens (tertiary/aromatic N) is 3. The largest absolute Gasteiger partial charge is 0.308 e. The highest BCUT2D eigenvalue weighted by Gasteiger charge is 2.19. The molecule has 0 fully saturated rings. The van der Waals surface area contributed by atoms with E-state index in [1.165, 1.54) is 0 Å². The van der Waals surface area contributed by atoms with Gasteiger partial charge in [0.1, 0.15) is 0 Å². The number of thioether (sulfide) groups is 1. The second-order valence-electron chi connectivity index (χ2n) is 4.28. The fourth-order valence-electron chi connectivity index (χ4n) is 1.63. The molecule has 0 amide bonds. The highest BCUT2D eigenvalue weighted by atomic mass is 35.5. The van der Waals surface area contributed by atoms with Gasteiger partial charge in [-0.25, -0.2) is 0 Å². The van der Waals surface area contributed by atoms with Crippen molar-refractivity contribution < 1.29 is 0 Å². The molecule has 0 aliphatic rings. The lowest BCUT2D eigenvalue weighted by molar-refractivity contribution is 0.364. The molecule has 18 heavy (non-hydrogen) atoms. The Morgan fingerprint density at radius 2 is 2.33 bits per heavy atom. The van der Waals surface area contributed by atoms with Gasteiger partial charge in [0, 0.05) is 12.3 Å². The Balaban J connectivity index is 2.80. The molecule has 1 rings (SSSR count). The zero-order valence-electron chi connectivity index (χ0n) is 11.2. The number of aromatic nitrogens is 2. The lowest BCUT2D eigenvalue weighted by atomic mass is 10.2. The van der Waals surface area contributed by atoms with Crippen molar-refractivity contribution in [3.63, 3.8) is 0 Å². The molecule has 0 saturated heterocycles. The number of rotatable bonds is 8. The molecule has 3 N–H and O–H groups in total. The number of halogens is 1. The van der Waals surface area contributed by atoms with Gasteiger partial charge < -0.3 is 4.90 Å². The van der Waals surface area contributed by atoms with Crippen LogP contribution in [0.2, 0.25) is 5.02 Å². The van der Waals surface area contributed by atoms with Gasteiger partial charge in [0.15, 0.2) is 0 Å². The smallest absolute Gasteiger partial charge is 0.0834 e. The SMILES string of the molecule is CCSCC(NN)c1c(Cl)cnn1CCN(C)C. The Bertz CT molecular complexity index is 355. The van der Waals surface area contributed by atoms with Crippen LogP contribution in [-0.4, -0.2) is 46.8 Å². The summed E-state index contributed by atoms with van der Waals surface area (Å²) in [5, 5.41) is 4.99. The molecule has 7 heteroatoms. The quantitative estimate of drug-likeness (QED) is 0.559. The summed E-state index contributed by atoms with van der Waals surface area (Å²) in [6.45, 7) is 3.86. The van der Waals surface area contributed by atoms with Crippen LogP contribution in [0.5, 0.6) is 0 Å². The normalized spacial score (nSPS) is 13.2. The van der Waals surface area contributed by atoms with Gasteiger partial charge in [-0.05, 0) is 19.8 Å². The fourth-order valence-corrected chi connectivity index (χ4v) is 2.63. The van der Waals surface area contributed by atoms with Gasteiger partial charge in [0.25, 0.3) is 0 Å². The molecule has 5 nitrogen and oxygen atoms in total. The third kappa shape index (κ3) is 4.44. The molecule has 1 heterocycles. The highest BCUT2D eigenvalue weighted by Crippen LogP contribution is 2.25. The van der Waals surface area contributed by atoms with E-state index in [4.69, 9.17) is 17.4 Å². The van der Waals surface area contributed by atoms with Gasteiger partial charge in [0.05, 0.1) is 29.5 Å². The Kier molecular flexibility index (Phi) is 7.03. The van der Waals surface area contributed by atoms with E-state index >= 15 is 0 Å². The third-order valence-corrected chi connectivity index (χ3v) is 3.88. The van der Waals surface area contributed by atoms with Gasteiger partial charge in [-0.3, -0.25) is 16.0 Å². The topological polar surface area (TPSA) is 59.1 Å². The number of hydrogen-bond acceptors (Lipinski definition) is 5. The minimum Gasteiger partial charge on any atom is -0.308 e. The van der Waals surface area contributed by atoms with Gasteiger partial charge in [-0.2, -0.15) is 16.9 Å². The average molecular weight is 292 g/mol. The molecular formula is C11H22ClN5S. The van der Waals surface area contributed by atoms with Gasteiger partial charge >= 0.3 is 0 Å². The van der Waals surface area contributed by atoms with Crippen LogP contribution in [0.3, 0.4) is 0 Å². The second-order valence-corrected chi connectivity index (χ2v) is 6.01. The average Bonchev–Trinajstić information content (AvgIpc) is 2.70. The molecule has 0 radical (unpaired) electrons. The Hall–Kier alpha value is -0.270. The van der Waals surface area contributed by atoms with E-state index in [0.29, 0.717) is 5.02 Å². The number of nitrogens with one attached hydrogen (secondary N) is 1. The van der Waals surface area contributed by atoms with Crippen molar-refractivity contribution in [2.45, 2.75) is 19.5 Å². The fraction of sp³-hybridized carbons (Fsp3) is 0.727. The van der Waals surface area contributed by atoms with Crippen molar-refractivity contribution in [3.8, 4) is 0 Å². The maximum Gasteiger partial charge on any atom is 0.0834 e. The van der Waals surface area contributed by atoms with Crippen LogP contribution in [0.1, 0.15) is 18.7 Å². The highest BCUT2D eigenvalue weighted by molar-refractivity contribution is 7.99. The number of nitrogens with two attached hydrogens (primary N) is 1. The minimum absolute atomic E-state index is 0.0344. The molecule has 1 aromatic rings. The maximum atomic E-state index is 6.21. The molecule has 0 aliphatic heterocycles. The van der Waals surface area contributed by atoms with E-state index in [1.54, 1.807) is 6.20 Å². The van der Waals surface area contributed by atoms with Crippen molar-refractivity contribution in [1.82, 2.24) is 20.1 Å². The summed E-state index contributed by atoms with van der Waals surface area (Å²) < 4.78 is 1.93. The van der Waals surface area contributed by atoms with Crippen LogP contribution >= 0.6 is 23.4 Å². The summed E-state index contributed by atoms with van der Waals surface area (Å²) >= 11 is 8.04. The van der Waals surface area contributed by atoms with Crippen LogP contribution in [0.4, 0.5) is 0 Å². The standard InChI is InChI=1S/C11H22ClN5S/c1-4-18-8-10(15-13)11-9(12)7-14-17(11)6-5-16(2)3/h7,10,15H,4-6,8,13H2,1-3H3. The Morgan fingerprint density at radius 1 is 1.61 bits per heavy atom. The summed E-state index contributed by atoms with van der Waals surface area (Å²) in [4.78, 5) is 2.12. The molecular weight excluding hydrogens is 270 g/mol. The monoisotopic (exact) mass is 291 g/mol. The summed E-state index contributed by atoms with van der Waals surface area (Å²) in [6.07, 6.45) is 1.69. The van der Waals surface area contributed by atoms with Crippen molar-refractivity contribution in [2.24, 2.45) is 5.84 Å². The van der Waals surface area contributed by atoms with Gasteiger partial charge in [-0.1, -0.05) is 18.5 Å². The van der Waals surface area contributed by atoms with E-state index in [1.807, 2.05) is 30.5 Å². The minimum atomic E-state index is 0.0344. The van der Waals surface area contributed by atoms with E-state index in [0.717, 1.165) is 30.3 Å². The second kappa shape index (κ2) is 8.01. The molecule has 1 atom stereocenters. The summed E-state index contributed by atoms with van der Waals surface area (Å²) in [6, 6.07) is 0.0344. The zero-order chi connectivity index (χ0) is 13.5. The number of hydrogen-bond donors (Lipinski definition) is 2.